The predicted molar refractivity (Wildman–Crippen MR) is 77.9 cm³/mol. The topological polar surface area (TPSA) is 72.6 Å². The van der Waals surface area contributed by atoms with Crippen molar-refractivity contribution in [1.29, 1.82) is 0 Å². The Kier molecular flexibility index (Phi) is 13.4. The molecule has 0 fully saturated rings. The van der Waals surface area contributed by atoms with Crippen molar-refractivity contribution in [2.75, 3.05) is 13.2 Å². The molecule has 0 aromatic heterocycles. The van der Waals surface area contributed by atoms with Gasteiger partial charge in [-0.25, -0.2) is 0 Å². The average Bonchev–Trinajstić information content (AvgIpc) is 2.35. The Morgan fingerprint density at radius 3 is 2.21 bits per heavy atom. The van der Waals surface area contributed by atoms with E-state index in [2.05, 4.69) is 6.92 Å². The highest BCUT2D eigenvalue weighted by Gasteiger charge is 2.07. The molecule has 0 radical (unpaired) electrons. The number of amides is 1. The molecule has 1 atom stereocenters. The molecule has 0 bridgehead atoms. The maximum Gasteiger partial charge on any atom is 0.220 e. The summed E-state index contributed by atoms with van der Waals surface area (Å²) in [7, 11) is 0. The summed E-state index contributed by atoms with van der Waals surface area (Å²) in [6.07, 6.45) is 10.2. The zero-order valence-electron chi connectivity index (χ0n) is 12.4. The fourth-order valence-electron chi connectivity index (χ4n) is 1.99. The minimum absolute atomic E-state index is 0.0289. The van der Waals surface area contributed by atoms with Crippen molar-refractivity contribution in [1.82, 2.24) is 0 Å². The van der Waals surface area contributed by atoms with Crippen LogP contribution in [-0.2, 0) is 9.53 Å². The highest BCUT2D eigenvalue weighted by atomic mass is 16.5. The number of nitrogens with two attached hydrogens (primary N) is 1. The van der Waals surface area contributed by atoms with E-state index in [9.17, 15) is 9.90 Å². The van der Waals surface area contributed by atoms with Gasteiger partial charge in [-0.2, -0.15) is 0 Å². The van der Waals surface area contributed by atoms with Gasteiger partial charge in [0.2, 0.25) is 5.91 Å². The smallest absolute Gasteiger partial charge is 0.220 e. The molecule has 0 heterocycles. The normalized spacial score (nSPS) is 12.5. The van der Waals surface area contributed by atoms with Gasteiger partial charge < -0.3 is 15.6 Å². The Labute approximate surface area is 117 Å². The molecule has 0 rings (SSSR count). The number of unbranched alkanes of at least 4 members (excludes halogenated alkanes) is 7. The van der Waals surface area contributed by atoms with E-state index in [1.54, 1.807) is 0 Å². The van der Waals surface area contributed by atoms with E-state index >= 15 is 0 Å². The van der Waals surface area contributed by atoms with Crippen molar-refractivity contribution in [2.45, 2.75) is 77.2 Å². The monoisotopic (exact) mass is 273 g/mol. The van der Waals surface area contributed by atoms with Crippen molar-refractivity contribution in [2.24, 2.45) is 5.73 Å². The zero-order chi connectivity index (χ0) is 14.3. The lowest BCUT2D eigenvalue weighted by molar-refractivity contribution is -0.120. The first kappa shape index (κ1) is 18.4. The van der Waals surface area contributed by atoms with Crippen LogP contribution in [0.4, 0.5) is 0 Å². The number of carbonyl (C=O) groups is 1. The summed E-state index contributed by atoms with van der Waals surface area (Å²) in [6.45, 7) is 3.49. The Bertz CT molecular complexity index is 210. The van der Waals surface area contributed by atoms with Crippen molar-refractivity contribution >= 4 is 5.91 Å². The van der Waals surface area contributed by atoms with Gasteiger partial charge in [0.1, 0.15) is 0 Å². The van der Waals surface area contributed by atoms with E-state index in [-0.39, 0.29) is 6.42 Å². The molecule has 0 saturated carbocycles. The van der Waals surface area contributed by atoms with Gasteiger partial charge in [0.25, 0.3) is 0 Å². The summed E-state index contributed by atoms with van der Waals surface area (Å²) in [5, 5.41) is 9.38. The van der Waals surface area contributed by atoms with Gasteiger partial charge in [0.05, 0.1) is 12.5 Å². The van der Waals surface area contributed by atoms with Gasteiger partial charge in [-0.3, -0.25) is 4.79 Å². The van der Waals surface area contributed by atoms with Crippen LogP contribution in [0, 0.1) is 0 Å². The van der Waals surface area contributed by atoms with Crippen molar-refractivity contribution < 1.29 is 14.6 Å². The molecular formula is C15H31NO3. The third kappa shape index (κ3) is 15.3. The molecule has 19 heavy (non-hydrogen) atoms. The van der Waals surface area contributed by atoms with Crippen LogP contribution < -0.4 is 5.73 Å². The second-order valence-corrected chi connectivity index (χ2v) is 5.20. The van der Waals surface area contributed by atoms with Crippen LogP contribution in [0.3, 0.4) is 0 Å². The first-order chi connectivity index (χ1) is 9.16. The van der Waals surface area contributed by atoms with Crippen LogP contribution in [0.2, 0.25) is 0 Å². The highest BCUT2D eigenvalue weighted by Crippen LogP contribution is 2.08. The van der Waals surface area contributed by atoms with Crippen LogP contribution in [0.1, 0.15) is 71.1 Å². The Balaban J connectivity index is 3.08. The molecule has 0 spiro atoms. The summed E-state index contributed by atoms with van der Waals surface area (Å²) >= 11 is 0. The SMILES string of the molecule is CCCCCCCCCCOCC[C@H](O)CC(N)=O. The molecule has 0 aliphatic carbocycles. The fraction of sp³-hybridized carbons (Fsp3) is 0.933. The number of carbonyl (C=O) groups excluding carboxylic acids is 1. The molecule has 0 aromatic rings. The van der Waals surface area contributed by atoms with Gasteiger partial charge in [0, 0.05) is 13.2 Å². The highest BCUT2D eigenvalue weighted by molar-refractivity contribution is 5.74. The van der Waals surface area contributed by atoms with E-state index in [0.29, 0.717) is 13.0 Å². The standard InChI is InChI=1S/C15H31NO3/c1-2-3-4-5-6-7-8-9-11-19-12-10-14(17)13-15(16)18/h14,17H,2-13H2,1H3,(H2,16,18)/t14-/m0/s1. The summed E-state index contributed by atoms with van der Waals surface area (Å²) in [6, 6.07) is 0. The molecule has 0 saturated heterocycles. The van der Waals surface area contributed by atoms with Crippen molar-refractivity contribution in [3.8, 4) is 0 Å². The number of aliphatic hydroxyl groups excluding tert-OH is 1. The maximum atomic E-state index is 10.5. The lowest BCUT2D eigenvalue weighted by Gasteiger charge is -2.08. The maximum absolute atomic E-state index is 10.5. The van der Waals surface area contributed by atoms with Crippen LogP contribution >= 0.6 is 0 Å². The molecule has 3 N–H and O–H groups in total. The van der Waals surface area contributed by atoms with Gasteiger partial charge in [-0.05, 0) is 12.8 Å². The number of hydrogen-bond acceptors (Lipinski definition) is 3. The third-order valence-corrected chi connectivity index (χ3v) is 3.17. The first-order valence-corrected chi connectivity index (χ1v) is 7.71. The van der Waals surface area contributed by atoms with Crippen LogP contribution in [0.5, 0.6) is 0 Å². The molecule has 114 valence electrons. The first-order valence-electron chi connectivity index (χ1n) is 7.71. The van der Waals surface area contributed by atoms with E-state index in [1.807, 2.05) is 0 Å². The minimum atomic E-state index is -0.656. The molecule has 0 aliphatic rings. The second kappa shape index (κ2) is 13.8. The number of rotatable bonds is 14. The molecule has 1 amide bonds. The quantitative estimate of drug-likeness (QED) is 0.478. The number of hydrogen-bond donors (Lipinski definition) is 2. The van der Waals surface area contributed by atoms with Crippen LogP contribution in [0.25, 0.3) is 0 Å². The lowest BCUT2D eigenvalue weighted by atomic mass is 10.1. The third-order valence-electron chi connectivity index (χ3n) is 3.17. The van der Waals surface area contributed by atoms with E-state index in [0.717, 1.165) is 13.0 Å². The molecule has 4 heteroatoms. The summed E-state index contributed by atoms with van der Waals surface area (Å²) in [5.74, 6) is -0.462. The van der Waals surface area contributed by atoms with E-state index < -0.39 is 12.0 Å². The average molecular weight is 273 g/mol. The summed E-state index contributed by atoms with van der Waals surface area (Å²) in [4.78, 5) is 10.5. The molecule has 0 aromatic carbocycles. The Morgan fingerprint density at radius 1 is 1.05 bits per heavy atom. The fourth-order valence-corrected chi connectivity index (χ4v) is 1.99. The lowest BCUT2D eigenvalue weighted by Crippen LogP contribution is -2.21. The number of aliphatic hydroxyl groups is 1. The molecule has 4 nitrogen and oxygen atoms in total. The van der Waals surface area contributed by atoms with E-state index in [1.165, 1.54) is 44.9 Å². The largest absolute Gasteiger partial charge is 0.393 e. The Morgan fingerprint density at radius 2 is 1.63 bits per heavy atom. The molecular weight excluding hydrogens is 242 g/mol. The number of primary amides is 1. The van der Waals surface area contributed by atoms with Gasteiger partial charge >= 0.3 is 0 Å². The Hall–Kier alpha value is -0.610. The van der Waals surface area contributed by atoms with Crippen molar-refractivity contribution in [3.05, 3.63) is 0 Å². The van der Waals surface area contributed by atoms with Gasteiger partial charge in [-0.15, -0.1) is 0 Å². The minimum Gasteiger partial charge on any atom is -0.393 e. The molecule has 0 aliphatic heterocycles. The van der Waals surface area contributed by atoms with Crippen LogP contribution in [0.15, 0.2) is 0 Å². The number of ether oxygens (including phenoxy) is 1. The van der Waals surface area contributed by atoms with Gasteiger partial charge in [0.15, 0.2) is 0 Å². The van der Waals surface area contributed by atoms with Crippen LogP contribution in [-0.4, -0.2) is 30.3 Å². The van der Waals surface area contributed by atoms with E-state index in [4.69, 9.17) is 10.5 Å². The van der Waals surface area contributed by atoms with Gasteiger partial charge in [-0.1, -0.05) is 51.9 Å². The second-order valence-electron chi connectivity index (χ2n) is 5.20. The summed E-state index contributed by atoms with van der Waals surface area (Å²) < 4.78 is 5.42. The predicted octanol–water partition coefficient (Wildman–Crippen LogP) is 2.77. The summed E-state index contributed by atoms with van der Waals surface area (Å²) in [5.41, 5.74) is 4.98. The zero-order valence-corrected chi connectivity index (χ0v) is 12.4. The van der Waals surface area contributed by atoms with Crippen molar-refractivity contribution in [3.63, 3.8) is 0 Å². The molecule has 0 unspecified atom stereocenters.